The van der Waals surface area contributed by atoms with Gasteiger partial charge in [-0.05, 0) is 36.2 Å². The highest BCUT2D eigenvalue weighted by atomic mass is 32.2. The van der Waals surface area contributed by atoms with Gasteiger partial charge in [-0.15, -0.1) is 23.1 Å². The van der Waals surface area contributed by atoms with Gasteiger partial charge in [0.1, 0.15) is 0 Å². The van der Waals surface area contributed by atoms with Crippen LogP contribution in [0.15, 0.2) is 100.0 Å². The molecule has 34 heavy (non-hydrogen) atoms. The second-order valence-electron chi connectivity index (χ2n) is 7.74. The van der Waals surface area contributed by atoms with Gasteiger partial charge in [-0.3, -0.25) is 14.0 Å². The van der Waals surface area contributed by atoms with Gasteiger partial charge in [0.25, 0.3) is 11.5 Å². The fourth-order valence-corrected chi connectivity index (χ4v) is 5.54. The molecular formula is C27H21N3O2S2. The number of hydrogen-bond acceptors (Lipinski definition) is 5. The topological polar surface area (TPSA) is 63.5 Å². The summed E-state index contributed by atoms with van der Waals surface area (Å²) in [4.78, 5) is 32.0. The lowest BCUT2D eigenvalue weighted by atomic mass is 10.1. The molecule has 0 aliphatic rings. The highest BCUT2D eigenvalue weighted by molar-refractivity contribution is 7.98. The Bertz CT molecular complexity index is 1540. The zero-order valence-corrected chi connectivity index (χ0v) is 20.0. The highest BCUT2D eigenvalue weighted by Gasteiger charge is 2.13. The Kier molecular flexibility index (Phi) is 6.29. The summed E-state index contributed by atoms with van der Waals surface area (Å²) in [7, 11) is 0. The third kappa shape index (κ3) is 4.53. The standard InChI is InChI=1S/C27H21N3O2S2/c1-18-9-5-6-12-21(18)26(32)29-22-13-7-8-14-24(22)33-16-20-15-25(31)30-23(17-34-27(30)28-20)19-10-3-2-4-11-19/h2-15,17H,16H2,1H3,(H,29,32). The van der Waals surface area contributed by atoms with Crippen LogP contribution in [0.3, 0.4) is 0 Å². The van der Waals surface area contributed by atoms with E-state index < -0.39 is 0 Å². The predicted molar refractivity (Wildman–Crippen MR) is 140 cm³/mol. The number of thiazole rings is 1. The maximum absolute atomic E-state index is 12.9. The van der Waals surface area contributed by atoms with Crippen LogP contribution in [0.2, 0.25) is 0 Å². The molecular weight excluding hydrogens is 462 g/mol. The minimum Gasteiger partial charge on any atom is -0.321 e. The van der Waals surface area contributed by atoms with Crippen LogP contribution in [0, 0.1) is 6.92 Å². The third-order valence-electron chi connectivity index (χ3n) is 5.43. The molecule has 5 nitrogen and oxygen atoms in total. The van der Waals surface area contributed by atoms with E-state index in [4.69, 9.17) is 4.98 Å². The fraction of sp³-hybridized carbons (Fsp3) is 0.0741. The Morgan fingerprint density at radius 3 is 2.56 bits per heavy atom. The van der Waals surface area contributed by atoms with Crippen molar-refractivity contribution in [2.45, 2.75) is 17.6 Å². The average Bonchev–Trinajstić information content (AvgIpc) is 3.29. The number of fused-ring (bicyclic) bond motifs is 1. The van der Waals surface area contributed by atoms with Crippen molar-refractivity contribution in [2.75, 3.05) is 5.32 Å². The molecule has 2 aromatic heterocycles. The van der Waals surface area contributed by atoms with Gasteiger partial charge in [0.15, 0.2) is 4.96 Å². The number of anilines is 1. The van der Waals surface area contributed by atoms with Crippen molar-refractivity contribution in [2.24, 2.45) is 0 Å². The number of carbonyl (C=O) groups excluding carboxylic acids is 1. The molecule has 0 unspecified atom stereocenters. The van der Waals surface area contributed by atoms with E-state index in [-0.39, 0.29) is 11.5 Å². The van der Waals surface area contributed by atoms with Gasteiger partial charge >= 0.3 is 0 Å². The fourth-order valence-electron chi connectivity index (χ4n) is 3.71. The molecule has 2 heterocycles. The summed E-state index contributed by atoms with van der Waals surface area (Å²) in [6, 6.07) is 26.6. The molecule has 0 saturated carbocycles. The number of aryl methyl sites for hydroxylation is 1. The summed E-state index contributed by atoms with van der Waals surface area (Å²) >= 11 is 3.00. The Hall–Kier alpha value is -3.68. The Labute approximate surface area is 205 Å². The van der Waals surface area contributed by atoms with Gasteiger partial charge in [0, 0.05) is 27.7 Å². The Morgan fingerprint density at radius 2 is 1.74 bits per heavy atom. The molecule has 5 rings (SSSR count). The zero-order chi connectivity index (χ0) is 23.5. The molecule has 7 heteroatoms. The van der Waals surface area contributed by atoms with Gasteiger partial charge in [-0.2, -0.15) is 0 Å². The summed E-state index contributed by atoms with van der Waals surface area (Å²) in [5, 5.41) is 4.99. The number of hydrogen-bond donors (Lipinski definition) is 1. The van der Waals surface area contributed by atoms with Gasteiger partial charge in [-0.25, -0.2) is 4.98 Å². The van der Waals surface area contributed by atoms with Crippen LogP contribution in [-0.2, 0) is 5.75 Å². The van der Waals surface area contributed by atoms with Crippen LogP contribution >= 0.6 is 23.1 Å². The van der Waals surface area contributed by atoms with E-state index in [1.165, 1.54) is 11.3 Å². The number of amides is 1. The molecule has 0 radical (unpaired) electrons. The zero-order valence-electron chi connectivity index (χ0n) is 18.4. The van der Waals surface area contributed by atoms with E-state index >= 15 is 0 Å². The van der Waals surface area contributed by atoms with Gasteiger partial charge < -0.3 is 5.32 Å². The molecule has 5 aromatic rings. The molecule has 0 spiro atoms. The first-order valence-electron chi connectivity index (χ1n) is 10.7. The van der Waals surface area contributed by atoms with Crippen molar-refractivity contribution in [3.8, 4) is 11.3 Å². The van der Waals surface area contributed by atoms with Gasteiger partial charge in [0.05, 0.1) is 17.1 Å². The minimum atomic E-state index is -0.143. The highest BCUT2D eigenvalue weighted by Crippen LogP contribution is 2.30. The van der Waals surface area contributed by atoms with Crippen molar-refractivity contribution in [1.82, 2.24) is 9.38 Å². The van der Waals surface area contributed by atoms with Gasteiger partial charge in [-0.1, -0.05) is 60.7 Å². The number of rotatable bonds is 6. The quantitative estimate of drug-likeness (QED) is 0.289. The van der Waals surface area contributed by atoms with E-state index in [0.717, 1.165) is 27.4 Å². The number of benzene rings is 3. The van der Waals surface area contributed by atoms with Crippen molar-refractivity contribution >= 4 is 39.7 Å². The Morgan fingerprint density at radius 1 is 1.00 bits per heavy atom. The molecule has 1 N–H and O–H groups in total. The second kappa shape index (κ2) is 9.67. The summed E-state index contributed by atoms with van der Waals surface area (Å²) in [6.45, 7) is 1.92. The average molecular weight is 484 g/mol. The molecule has 1 amide bonds. The van der Waals surface area contributed by atoms with Crippen molar-refractivity contribution in [1.29, 1.82) is 0 Å². The second-order valence-corrected chi connectivity index (χ2v) is 9.60. The largest absolute Gasteiger partial charge is 0.321 e. The first kappa shape index (κ1) is 22.1. The smallest absolute Gasteiger partial charge is 0.259 e. The Balaban J connectivity index is 1.37. The van der Waals surface area contributed by atoms with E-state index in [1.54, 1.807) is 22.2 Å². The molecule has 0 aliphatic carbocycles. The van der Waals surface area contributed by atoms with Crippen LogP contribution in [-0.4, -0.2) is 15.3 Å². The van der Waals surface area contributed by atoms with Crippen molar-refractivity contribution in [3.63, 3.8) is 0 Å². The molecule has 0 bridgehead atoms. The van der Waals surface area contributed by atoms with Crippen LogP contribution in [0.25, 0.3) is 16.2 Å². The lowest BCUT2D eigenvalue weighted by molar-refractivity contribution is 0.102. The summed E-state index contributed by atoms with van der Waals surface area (Å²) in [5.41, 5.74) is 4.75. The van der Waals surface area contributed by atoms with E-state index in [9.17, 15) is 9.59 Å². The first-order valence-corrected chi connectivity index (χ1v) is 12.6. The predicted octanol–water partition coefficient (Wildman–Crippen LogP) is 6.28. The lowest BCUT2D eigenvalue weighted by Gasteiger charge is -2.12. The molecule has 0 saturated heterocycles. The van der Waals surface area contributed by atoms with Crippen LogP contribution in [0.1, 0.15) is 21.6 Å². The van der Waals surface area contributed by atoms with Gasteiger partial charge in [0.2, 0.25) is 0 Å². The lowest BCUT2D eigenvalue weighted by Crippen LogP contribution is -2.15. The van der Waals surface area contributed by atoms with E-state index in [1.807, 2.05) is 91.2 Å². The van der Waals surface area contributed by atoms with E-state index in [2.05, 4.69) is 5.32 Å². The summed E-state index contributed by atoms with van der Waals surface area (Å²) < 4.78 is 1.66. The molecule has 168 valence electrons. The molecule has 0 atom stereocenters. The normalized spacial score (nSPS) is 11.0. The number of nitrogens with one attached hydrogen (secondary N) is 1. The van der Waals surface area contributed by atoms with Crippen LogP contribution < -0.4 is 10.9 Å². The maximum atomic E-state index is 12.9. The number of carbonyl (C=O) groups is 1. The number of thioether (sulfide) groups is 1. The number of aromatic nitrogens is 2. The van der Waals surface area contributed by atoms with Crippen LogP contribution in [0.5, 0.6) is 0 Å². The monoisotopic (exact) mass is 483 g/mol. The molecule has 0 aliphatic heterocycles. The third-order valence-corrected chi connectivity index (χ3v) is 7.36. The molecule has 3 aromatic carbocycles. The minimum absolute atomic E-state index is 0.0955. The van der Waals surface area contributed by atoms with E-state index in [0.29, 0.717) is 22.0 Å². The van der Waals surface area contributed by atoms with Crippen molar-refractivity contribution in [3.05, 3.63) is 117 Å². The molecule has 0 fully saturated rings. The van der Waals surface area contributed by atoms with Crippen molar-refractivity contribution < 1.29 is 4.79 Å². The summed E-state index contributed by atoms with van der Waals surface area (Å²) in [5.74, 6) is 0.373. The summed E-state index contributed by atoms with van der Waals surface area (Å²) in [6.07, 6.45) is 0. The van der Waals surface area contributed by atoms with Crippen LogP contribution in [0.4, 0.5) is 5.69 Å². The maximum Gasteiger partial charge on any atom is 0.259 e. The first-order chi connectivity index (χ1) is 16.6. The number of para-hydroxylation sites is 1. The SMILES string of the molecule is Cc1ccccc1C(=O)Nc1ccccc1SCc1cc(=O)n2c(-c3ccccc3)csc2n1. The number of nitrogens with zero attached hydrogens (tertiary/aromatic N) is 2.